The Kier molecular flexibility index (Phi) is 3.62. The minimum atomic E-state index is -0.489. The largest absolute Gasteiger partial charge is 0.464 e. The fourth-order valence-corrected chi connectivity index (χ4v) is 3.37. The van der Waals surface area contributed by atoms with E-state index in [1.165, 1.54) is 18.2 Å². The van der Waals surface area contributed by atoms with E-state index in [-0.39, 0.29) is 17.8 Å². The fourth-order valence-electron chi connectivity index (χ4n) is 3.37. The molecule has 0 aromatic carbocycles. The molecule has 1 aromatic heterocycles. The molecule has 1 spiro atoms. The number of aliphatic hydroxyl groups excluding tert-OH is 1. The molecule has 1 N–H and O–H groups in total. The van der Waals surface area contributed by atoms with E-state index < -0.39 is 5.97 Å². The number of methoxy groups -OCH3 is 1. The summed E-state index contributed by atoms with van der Waals surface area (Å²) in [6.07, 6.45) is 6.89. The number of nitrogens with zero attached hydrogens (tertiary/aromatic N) is 5. The summed E-state index contributed by atoms with van der Waals surface area (Å²) >= 11 is 0. The van der Waals surface area contributed by atoms with Gasteiger partial charge in [0.2, 0.25) is 0 Å². The Labute approximate surface area is 122 Å². The molecular weight excluding hydrogens is 274 g/mol. The lowest BCUT2D eigenvalue weighted by molar-refractivity contribution is -0.134. The highest BCUT2D eigenvalue weighted by molar-refractivity contribution is 6.09. The zero-order valence-corrected chi connectivity index (χ0v) is 12.0. The van der Waals surface area contributed by atoms with Gasteiger partial charge in [-0.2, -0.15) is 4.68 Å². The first kappa shape index (κ1) is 14.0. The zero-order valence-electron chi connectivity index (χ0n) is 12.0. The third-order valence-corrected chi connectivity index (χ3v) is 4.36. The number of tetrazole rings is 1. The molecule has 0 unspecified atom stereocenters. The highest BCUT2D eigenvalue weighted by Crippen LogP contribution is 2.44. The Morgan fingerprint density at radius 2 is 2.19 bits per heavy atom. The van der Waals surface area contributed by atoms with Gasteiger partial charge >= 0.3 is 5.97 Å². The first-order chi connectivity index (χ1) is 10.2. The van der Waals surface area contributed by atoms with Gasteiger partial charge in [-0.15, -0.1) is 5.10 Å². The van der Waals surface area contributed by atoms with Crippen molar-refractivity contribution in [2.45, 2.75) is 37.6 Å². The number of esters is 1. The molecule has 2 aliphatic rings. The molecule has 1 saturated carbocycles. The Morgan fingerprint density at radius 3 is 2.86 bits per heavy atom. The van der Waals surface area contributed by atoms with Gasteiger partial charge < -0.3 is 14.7 Å². The lowest BCUT2D eigenvalue weighted by Gasteiger charge is -2.46. The van der Waals surface area contributed by atoms with Crippen molar-refractivity contribution in [2.24, 2.45) is 0 Å². The van der Waals surface area contributed by atoms with Gasteiger partial charge in [0.25, 0.3) is 0 Å². The molecule has 1 fully saturated rings. The number of aromatic nitrogens is 4. The van der Waals surface area contributed by atoms with Crippen LogP contribution in [0.4, 0.5) is 0 Å². The van der Waals surface area contributed by atoms with E-state index in [4.69, 9.17) is 4.74 Å². The molecule has 8 heteroatoms. The molecule has 1 aromatic rings. The van der Waals surface area contributed by atoms with E-state index in [9.17, 15) is 9.90 Å². The van der Waals surface area contributed by atoms with Crippen LogP contribution in [0.25, 0.3) is 5.70 Å². The summed E-state index contributed by atoms with van der Waals surface area (Å²) in [5.74, 6) is 0.177. The van der Waals surface area contributed by atoms with Gasteiger partial charge in [0.15, 0.2) is 11.5 Å². The maximum atomic E-state index is 12.0. The predicted molar refractivity (Wildman–Crippen MR) is 72.7 cm³/mol. The van der Waals surface area contributed by atoms with Crippen LogP contribution in [0.2, 0.25) is 0 Å². The van der Waals surface area contributed by atoms with Gasteiger partial charge in [-0.3, -0.25) is 0 Å². The third-order valence-electron chi connectivity index (χ3n) is 4.36. The van der Waals surface area contributed by atoms with E-state index in [0.29, 0.717) is 12.4 Å². The summed E-state index contributed by atoms with van der Waals surface area (Å²) in [6, 6.07) is 0. The average Bonchev–Trinajstić information content (AvgIpc) is 3.01. The Bertz CT molecular complexity index is 562. The van der Waals surface area contributed by atoms with Crippen molar-refractivity contribution >= 4 is 11.7 Å². The van der Waals surface area contributed by atoms with Crippen LogP contribution < -0.4 is 0 Å². The molecule has 0 atom stereocenters. The number of rotatable bonds is 3. The van der Waals surface area contributed by atoms with Crippen molar-refractivity contribution in [3.05, 3.63) is 12.0 Å². The number of carbonyl (C=O) groups is 1. The Morgan fingerprint density at radius 1 is 1.43 bits per heavy atom. The molecule has 8 nitrogen and oxygen atoms in total. The second kappa shape index (κ2) is 5.44. The normalized spacial score (nSPS) is 20.1. The van der Waals surface area contributed by atoms with Crippen LogP contribution in [0.1, 0.15) is 37.9 Å². The van der Waals surface area contributed by atoms with Crippen LogP contribution in [0.3, 0.4) is 0 Å². The summed E-state index contributed by atoms with van der Waals surface area (Å²) in [4.78, 5) is 14.0. The van der Waals surface area contributed by atoms with E-state index in [0.717, 1.165) is 25.7 Å². The van der Waals surface area contributed by atoms with Gasteiger partial charge in [-0.05, 0) is 23.3 Å². The fraction of sp³-hybridized carbons (Fsp3) is 0.692. The number of aliphatic hydroxyl groups is 1. The average molecular weight is 293 g/mol. The monoisotopic (exact) mass is 293 g/mol. The van der Waals surface area contributed by atoms with Crippen molar-refractivity contribution in [3.8, 4) is 0 Å². The number of hydrogen-bond donors (Lipinski definition) is 1. The predicted octanol–water partition coefficient (Wildman–Crippen LogP) is 0.112. The third kappa shape index (κ3) is 2.10. The molecule has 1 aliphatic heterocycles. The molecule has 114 valence electrons. The van der Waals surface area contributed by atoms with Crippen LogP contribution in [0.15, 0.2) is 6.20 Å². The number of fused-ring (bicyclic) bond motifs is 2. The van der Waals surface area contributed by atoms with Crippen LogP contribution in [0, 0.1) is 0 Å². The standard InChI is InChI=1S/C13H19N5O3/c1-21-11(20)10-9-17(7-8-19)13(5-3-2-4-6-13)12-14-15-16-18(10)12/h9,19H,2-8H2,1H3. The number of carbonyl (C=O) groups excluding carboxylic acids is 1. The SMILES string of the molecule is COC(=O)C1=CN(CCO)C2(CCCCC2)c2nnnn21. The van der Waals surface area contributed by atoms with Crippen molar-refractivity contribution in [1.29, 1.82) is 0 Å². The minimum absolute atomic E-state index is 0.00820. The Hall–Kier alpha value is -1.96. The zero-order chi connectivity index (χ0) is 14.9. The number of ether oxygens (including phenoxy) is 1. The molecule has 1 aliphatic carbocycles. The minimum Gasteiger partial charge on any atom is -0.464 e. The quantitative estimate of drug-likeness (QED) is 0.791. The lowest BCUT2D eigenvalue weighted by atomic mass is 9.78. The van der Waals surface area contributed by atoms with Crippen LogP contribution in [0.5, 0.6) is 0 Å². The van der Waals surface area contributed by atoms with Crippen LogP contribution in [-0.4, -0.2) is 56.4 Å². The second-order valence-electron chi connectivity index (χ2n) is 5.43. The number of β-amino-alcohol motifs (C(OH)–C–C–N with tert-alkyl or cyclic N) is 1. The lowest BCUT2D eigenvalue weighted by Crippen LogP contribution is -2.50. The Balaban J connectivity index is 2.10. The first-order valence-electron chi connectivity index (χ1n) is 7.20. The van der Waals surface area contributed by atoms with Gasteiger partial charge in [0.1, 0.15) is 5.54 Å². The van der Waals surface area contributed by atoms with Gasteiger partial charge in [-0.25, -0.2) is 4.79 Å². The second-order valence-corrected chi connectivity index (χ2v) is 5.43. The molecule has 21 heavy (non-hydrogen) atoms. The smallest absolute Gasteiger partial charge is 0.358 e. The molecule has 2 heterocycles. The molecule has 0 bridgehead atoms. The summed E-state index contributed by atoms with van der Waals surface area (Å²) in [7, 11) is 1.33. The van der Waals surface area contributed by atoms with Crippen molar-refractivity contribution in [3.63, 3.8) is 0 Å². The van der Waals surface area contributed by atoms with E-state index >= 15 is 0 Å². The molecule has 0 saturated heterocycles. The molecular formula is C13H19N5O3. The highest BCUT2D eigenvalue weighted by Gasteiger charge is 2.46. The van der Waals surface area contributed by atoms with E-state index in [1.807, 2.05) is 4.90 Å². The number of hydrogen-bond acceptors (Lipinski definition) is 7. The molecule has 0 amide bonds. The van der Waals surface area contributed by atoms with Crippen molar-refractivity contribution in [1.82, 2.24) is 25.1 Å². The van der Waals surface area contributed by atoms with Gasteiger partial charge in [-0.1, -0.05) is 19.3 Å². The van der Waals surface area contributed by atoms with Gasteiger partial charge in [0.05, 0.1) is 13.7 Å². The summed E-state index contributed by atoms with van der Waals surface area (Å²) < 4.78 is 6.28. The van der Waals surface area contributed by atoms with Crippen LogP contribution in [-0.2, 0) is 15.1 Å². The van der Waals surface area contributed by atoms with Gasteiger partial charge in [0, 0.05) is 12.7 Å². The highest BCUT2D eigenvalue weighted by atomic mass is 16.5. The summed E-state index contributed by atoms with van der Waals surface area (Å²) in [6.45, 7) is 0.446. The maximum absolute atomic E-state index is 12.0. The summed E-state index contributed by atoms with van der Waals surface area (Å²) in [5.41, 5.74) is -0.0516. The van der Waals surface area contributed by atoms with E-state index in [2.05, 4.69) is 15.5 Å². The molecule has 3 rings (SSSR count). The molecule has 0 radical (unpaired) electrons. The van der Waals surface area contributed by atoms with Crippen LogP contribution >= 0.6 is 0 Å². The summed E-state index contributed by atoms with van der Waals surface area (Å²) in [5, 5.41) is 21.2. The van der Waals surface area contributed by atoms with Crippen molar-refractivity contribution < 1.29 is 14.6 Å². The maximum Gasteiger partial charge on any atom is 0.358 e. The topological polar surface area (TPSA) is 93.4 Å². The van der Waals surface area contributed by atoms with Crippen molar-refractivity contribution in [2.75, 3.05) is 20.3 Å². The van der Waals surface area contributed by atoms with E-state index in [1.54, 1.807) is 6.20 Å². The first-order valence-corrected chi connectivity index (χ1v) is 7.20.